The normalized spacial score (nSPS) is 16.1. The fourth-order valence-corrected chi connectivity index (χ4v) is 1.42. The minimum Gasteiger partial charge on any atom is -0.383 e. The van der Waals surface area contributed by atoms with Crippen LogP contribution in [0.1, 0.15) is 18.2 Å². The fourth-order valence-electron chi connectivity index (χ4n) is 1.42. The van der Waals surface area contributed by atoms with E-state index in [1.54, 1.807) is 24.9 Å². The summed E-state index contributed by atoms with van der Waals surface area (Å²) in [5, 5.41) is 13.9. The molecule has 0 saturated carbocycles. The van der Waals surface area contributed by atoms with Gasteiger partial charge in [0, 0.05) is 13.6 Å². The summed E-state index contributed by atoms with van der Waals surface area (Å²) in [4.78, 5) is 0. The molecule has 4 nitrogen and oxygen atoms in total. The van der Waals surface area contributed by atoms with Crippen molar-refractivity contribution in [2.45, 2.75) is 19.4 Å². The van der Waals surface area contributed by atoms with E-state index in [0.717, 1.165) is 11.3 Å². The maximum atomic E-state index is 9.86. The highest BCUT2D eigenvalue weighted by atomic mass is 16.3. The number of aryl methyl sites for hydroxylation is 2. The highest BCUT2D eigenvalue weighted by Crippen LogP contribution is 2.21. The Bertz CT molecular complexity index is 258. The first-order valence-corrected chi connectivity index (χ1v) is 3.90. The van der Waals surface area contributed by atoms with Gasteiger partial charge in [0.2, 0.25) is 0 Å². The Morgan fingerprint density at radius 1 is 1.75 bits per heavy atom. The highest BCUT2D eigenvalue weighted by molar-refractivity contribution is 5.22. The molecule has 4 heteroatoms. The molecule has 1 atom stereocenters. The topological polar surface area (TPSA) is 64.1 Å². The number of hydrogen-bond donors (Lipinski definition) is 2. The van der Waals surface area contributed by atoms with Crippen LogP contribution in [0.3, 0.4) is 0 Å². The summed E-state index contributed by atoms with van der Waals surface area (Å²) in [6.07, 6.45) is 1.72. The molecule has 0 amide bonds. The summed E-state index contributed by atoms with van der Waals surface area (Å²) in [5.74, 6) is 0. The van der Waals surface area contributed by atoms with Crippen LogP contribution in [0.2, 0.25) is 0 Å². The van der Waals surface area contributed by atoms with Crippen LogP contribution >= 0.6 is 0 Å². The Morgan fingerprint density at radius 3 is 2.67 bits per heavy atom. The molecule has 12 heavy (non-hydrogen) atoms. The van der Waals surface area contributed by atoms with Crippen molar-refractivity contribution < 1.29 is 5.11 Å². The summed E-state index contributed by atoms with van der Waals surface area (Å²) in [6, 6.07) is 0. The molecule has 0 bridgehead atoms. The molecule has 1 rings (SSSR count). The summed E-state index contributed by atoms with van der Waals surface area (Å²) >= 11 is 0. The molecule has 0 fully saturated rings. The van der Waals surface area contributed by atoms with Crippen molar-refractivity contribution in [1.82, 2.24) is 9.78 Å². The van der Waals surface area contributed by atoms with E-state index in [4.69, 9.17) is 5.73 Å². The molecule has 68 valence electrons. The molecule has 0 spiro atoms. The van der Waals surface area contributed by atoms with Gasteiger partial charge in [-0.3, -0.25) is 4.68 Å². The third kappa shape index (κ3) is 1.35. The number of aromatic nitrogens is 2. The van der Waals surface area contributed by atoms with E-state index in [1.165, 1.54) is 0 Å². The first-order chi connectivity index (χ1) is 5.49. The quantitative estimate of drug-likeness (QED) is 0.649. The largest absolute Gasteiger partial charge is 0.383 e. The van der Waals surface area contributed by atoms with Crippen molar-refractivity contribution in [3.8, 4) is 0 Å². The van der Waals surface area contributed by atoms with Gasteiger partial charge < -0.3 is 10.8 Å². The van der Waals surface area contributed by atoms with Gasteiger partial charge in [0.05, 0.1) is 11.9 Å². The van der Waals surface area contributed by atoms with Crippen LogP contribution in [0.4, 0.5) is 0 Å². The molecule has 0 aliphatic carbocycles. The second kappa shape index (κ2) is 2.88. The van der Waals surface area contributed by atoms with Crippen molar-refractivity contribution in [1.29, 1.82) is 0 Å². The lowest BCUT2D eigenvalue weighted by atomic mass is 10.00. The Balaban J connectivity index is 3.17. The smallest absolute Gasteiger partial charge is 0.116 e. The number of rotatable bonds is 2. The third-order valence-corrected chi connectivity index (χ3v) is 2.03. The Kier molecular flexibility index (Phi) is 2.21. The first-order valence-electron chi connectivity index (χ1n) is 3.90. The third-order valence-electron chi connectivity index (χ3n) is 2.03. The average Bonchev–Trinajstić information content (AvgIpc) is 2.31. The monoisotopic (exact) mass is 169 g/mol. The standard InChI is InChI=1S/C8H15N3O/c1-6-4-10-11(3)7(6)8(2,12)5-9/h4,12H,5,9H2,1-3H3. The summed E-state index contributed by atoms with van der Waals surface area (Å²) in [7, 11) is 1.80. The molecule has 0 aliphatic rings. The molecule has 1 aromatic heterocycles. The number of nitrogens with zero attached hydrogens (tertiary/aromatic N) is 2. The lowest BCUT2D eigenvalue weighted by molar-refractivity contribution is 0.0574. The average molecular weight is 169 g/mol. The van der Waals surface area contributed by atoms with Crippen LogP contribution in [0.5, 0.6) is 0 Å². The van der Waals surface area contributed by atoms with E-state index in [2.05, 4.69) is 5.10 Å². The zero-order valence-electron chi connectivity index (χ0n) is 7.70. The predicted octanol–water partition coefficient (Wildman–Crippen LogP) is -0.105. The van der Waals surface area contributed by atoms with Crippen molar-refractivity contribution in [3.05, 3.63) is 17.5 Å². The Labute approximate surface area is 72.0 Å². The molecule has 1 heterocycles. The van der Waals surface area contributed by atoms with Crippen LogP contribution in [-0.4, -0.2) is 21.4 Å². The van der Waals surface area contributed by atoms with Gasteiger partial charge in [0.1, 0.15) is 5.60 Å². The van der Waals surface area contributed by atoms with Gasteiger partial charge in [0.15, 0.2) is 0 Å². The highest BCUT2D eigenvalue weighted by Gasteiger charge is 2.26. The summed E-state index contributed by atoms with van der Waals surface area (Å²) in [5.41, 5.74) is 6.22. The fraction of sp³-hybridized carbons (Fsp3) is 0.625. The lowest BCUT2D eigenvalue weighted by Crippen LogP contribution is -2.34. The zero-order valence-corrected chi connectivity index (χ0v) is 7.70. The van der Waals surface area contributed by atoms with E-state index in [9.17, 15) is 5.11 Å². The van der Waals surface area contributed by atoms with E-state index in [1.807, 2.05) is 6.92 Å². The molecule has 0 aliphatic heterocycles. The van der Waals surface area contributed by atoms with Gasteiger partial charge in [-0.1, -0.05) is 0 Å². The van der Waals surface area contributed by atoms with Crippen LogP contribution in [0, 0.1) is 6.92 Å². The summed E-state index contributed by atoms with van der Waals surface area (Å²) < 4.78 is 1.65. The molecule has 3 N–H and O–H groups in total. The van der Waals surface area contributed by atoms with Crippen LogP contribution in [0.25, 0.3) is 0 Å². The van der Waals surface area contributed by atoms with E-state index < -0.39 is 5.60 Å². The molecular weight excluding hydrogens is 154 g/mol. The van der Waals surface area contributed by atoms with Crippen LogP contribution in [-0.2, 0) is 12.6 Å². The number of nitrogens with two attached hydrogens (primary N) is 1. The van der Waals surface area contributed by atoms with Crippen molar-refractivity contribution >= 4 is 0 Å². The van der Waals surface area contributed by atoms with Crippen molar-refractivity contribution in [2.24, 2.45) is 12.8 Å². The first kappa shape index (κ1) is 9.22. The SMILES string of the molecule is Cc1cnn(C)c1C(C)(O)CN. The maximum absolute atomic E-state index is 9.86. The second-order valence-electron chi connectivity index (χ2n) is 3.28. The Hall–Kier alpha value is -0.870. The minimum atomic E-state index is -0.977. The van der Waals surface area contributed by atoms with E-state index in [-0.39, 0.29) is 6.54 Å². The van der Waals surface area contributed by atoms with Gasteiger partial charge in [-0.2, -0.15) is 5.10 Å². The van der Waals surface area contributed by atoms with Gasteiger partial charge in [-0.05, 0) is 19.4 Å². The predicted molar refractivity (Wildman–Crippen MR) is 46.6 cm³/mol. The van der Waals surface area contributed by atoms with Gasteiger partial charge in [-0.15, -0.1) is 0 Å². The van der Waals surface area contributed by atoms with Gasteiger partial charge in [0.25, 0.3) is 0 Å². The molecule has 1 aromatic rings. The molecule has 0 aromatic carbocycles. The van der Waals surface area contributed by atoms with E-state index >= 15 is 0 Å². The van der Waals surface area contributed by atoms with Gasteiger partial charge in [-0.25, -0.2) is 0 Å². The minimum absolute atomic E-state index is 0.202. The zero-order chi connectivity index (χ0) is 9.35. The molecule has 1 unspecified atom stereocenters. The second-order valence-corrected chi connectivity index (χ2v) is 3.28. The van der Waals surface area contributed by atoms with Crippen molar-refractivity contribution in [3.63, 3.8) is 0 Å². The maximum Gasteiger partial charge on any atom is 0.116 e. The summed E-state index contributed by atoms with van der Waals surface area (Å²) in [6.45, 7) is 3.80. The molecular formula is C8H15N3O. The van der Waals surface area contributed by atoms with Crippen LogP contribution in [0.15, 0.2) is 6.20 Å². The van der Waals surface area contributed by atoms with Crippen molar-refractivity contribution in [2.75, 3.05) is 6.54 Å². The Morgan fingerprint density at radius 2 is 2.33 bits per heavy atom. The van der Waals surface area contributed by atoms with Crippen LogP contribution < -0.4 is 5.73 Å². The molecule has 0 saturated heterocycles. The number of aliphatic hydroxyl groups is 1. The van der Waals surface area contributed by atoms with E-state index in [0.29, 0.717) is 0 Å². The number of hydrogen-bond acceptors (Lipinski definition) is 3. The lowest BCUT2D eigenvalue weighted by Gasteiger charge is -2.22. The molecule has 0 radical (unpaired) electrons. The van der Waals surface area contributed by atoms with Gasteiger partial charge >= 0.3 is 0 Å².